The van der Waals surface area contributed by atoms with Gasteiger partial charge in [0, 0.05) is 12.1 Å². The molecule has 5 rings (SSSR count). The number of hydrogen-bond acceptors (Lipinski definition) is 17. The molecule has 3 aliphatic rings. The van der Waals surface area contributed by atoms with E-state index in [1.54, 1.807) is 0 Å². The molecular weight excluding hydrogens is 596 g/mol. The number of fused-ring (bicyclic) bond motifs is 1. The largest absolute Gasteiger partial charge is 0.508 e. The summed E-state index contributed by atoms with van der Waals surface area (Å²) in [6, 6.07) is 5.37. The Labute approximate surface area is 247 Å². The molecule has 3 aliphatic heterocycles. The van der Waals surface area contributed by atoms with E-state index in [0.29, 0.717) is 0 Å². The van der Waals surface area contributed by atoms with Crippen LogP contribution in [0, 0.1) is 0 Å². The first-order valence-corrected chi connectivity index (χ1v) is 13.4. The van der Waals surface area contributed by atoms with Crippen molar-refractivity contribution >= 4 is 5.78 Å². The summed E-state index contributed by atoms with van der Waals surface area (Å²) in [5, 5.41) is 112. The van der Waals surface area contributed by atoms with Crippen LogP contribution in [0.1, 0.15) is 22.0 Å². The van der Waals surface area contributed by atoms with Crippen molar-refractivity contribution in [1.29, 1.82) is 0 Å². The Bertz CT molecular complexity index is 1350. The van der Waals surface area contributed by atoms with Crippen molar-refractivity contribution in [2.75, 3.05) is 13.2 Å². The van der Waals surface area contributed by atoms with Crippen molar-refractivity contribution < 1.29 is 84.7 Å². The number of ether oxygens (including phenoxy) is 5. The molecule has 0 radical (unpaired) electrons. The van der Waals surface area contributed by atoms with Gasteiger partial charge in [-0.05, 0) is 17.7 Å². The van der Waals surface area contributed by atoms with Crippen LogP contribution in [0.15, 0.2) is 30.3 Å². The highest BCUT2D eigenvalue weighted by Gasteiger charge is 2.52. The molecule has 0 aliphatic carbocycles. The predicted octanol–water partition coefficient (Wildman–Crippen LogP) is -3.17. The molecule has 11 N–H and O–H groups in total. The first-order valence-electron chi connectivity index (χ1n) is 13.4. The average Bonchev–Trinajstić information content (AvgIpc) is 2.98. The van der Waals surface area contributed by atoms with E-state index in [9.17, 15) is 61.0 Å². The van der Waals surface area contributed by atoms with Crippen LogP contribution in [0.25, 0.3) is 0 Å². The Morgan fingerprint density at radius 2 is 1.32 bits per heavy atom. The fourth-order valence-electron chi connectivity index (χ4n) is 5.31. The quantitative estimate of drug-likeness (QED) is 0.135. The molecule has 2 fully saturated rings. The minimum Gasteiger partial charge on any atom is -0.508 e. The number of phenolic OH excluding ortho intramolecular Hbond substituents is 4. The molecule has 0 saturated carbocycles. The molecule has 44 heavy (non-hydrogen) atoms. The highest BCUT2D eigenvalue weighted by molar-refractivity contribution is 6.05. The van der Waals surface area contributed by atoms with Crippen LogP contribution in [0.2, 0.25) is 0 Å². The first kappa shape index (κ1) is 32.1. The Hall–Kier alpha value is -3.33. The summed E-state index contributed by atoms with van der Waals surface area (Å²) in [5.74, 6) is -3.36. The number of carbonyl (C=O) groups is 1. The normalized spacial score (nSPS) is 37.3. The van der Waals surface area contributed by atoms with Gasteiger partial charge < -0.3 is 79.9 Å². The van der Waals surface area contributed by atoms with Crippen LogP contribution in [0.5, 0.6) is 28.7 Å². The topological polar surface area (TPSA) is 286 Å². The lowest BCUT2D eigenvalue weighted by Crippen LogP contribution is -2.65. The Kier molecular flexibility index (Phi) is 9.17. The lowest BCUT2D eigenvalue weighted by atomic mass is 9.92. The first-order chi connectivity index (χ1) is 20.9. The molecule has 3 heterocycles. The summed E-state index contributed by atoms with van der Waals surface area (Å²) in [7, 11) is 0. The summed E-state index contributed by atoms with van der Waals surface area (Å²) in [6.07, 6.45) is -20.7. The minimum absolute atomic E-state index is 0.0699. The summed E-state index contributed by atoms with van der Waals surface area (Å²) in [6.45, 7) is -1.65. The molecule has 0 unspecified atom stereocenters. The van der Waals surface area contributed by atoms with Crippen LogP contribution in [-0.4, -0.2) is 143 Å². The van der Waals surface area contributed by atoms with Crippen molar-refractivity contribution in [3.63, 3.8) is 0 Å². The minimum atomic E-state index is -2.01. The molecule has 0 bridgehead atoms. The fraction of sp³-hybridized carbons (Fsp3) is 0.519. The van der Waals surface area contributed by atoms with E-state index in [0.717, 1.165) is 24.3 Å². The number of aliphatic hydroxyl groups excluding tert-OH is 7. The highest BCUT2D eigenvalue weighted by Crippen LogP contribution is 2.44. The van der Waals surface area contributed by atoms with Gasteiger partial charge in [0.15, 0.2) is 36.3 Å². The maximum Gasteiger partial charge on any atom is 0.203 e. The summed E-state index contributed by atoms with van der Waals surface area (Å²) >= 11 is 0. The van der Waals surface area contributed by atoms with Crippen LogP contribution < -0.4 is 4.74 Å². The molecule has 17 nitrogen and oxygen atoms in total. The van der Waals surface area contributed by atoms with E-state index in [2.05, 4.69) is 0 Å². The van der Waals surface area contributed by atoms with Crippen LogP contribution in [-0.2, 0) is 18.9 Å². The van der Waals surface area contributed by atoms with Crippen molar-refractivity contribution in [3.8, 4) is 28.7 Å². The van der Waals surface area contributed by atoms with Gasteiger partial charge in [-0.3, -0.25) is 4.79 Å². The maximum atomic E-state index is 13.6. The van der Waals surface area contributed by atoms with E-state index in [1.807, 2.05) is 0 Å². The van der Waals surface area contributed by atoms with Crippen molar-refractivity contribution in [3.05, 3.63) is 41.5 Å². The Morgan fingerprint density at radius 1 is 0.682 bits per heavy atom. The molecule has 12 atom stereocenters. The van der Waals surface area contributed by atoms with E-state index in [4.69, 9.17) is 23.7 Å². The van der Waals surface area contributed by atoms with E-state index >= 15 is 0 Å². The number of ketones is 1. The zero-order valence-electron chi connectivity index (χ0n) is 22.6. The zero-order valence-corrected chi connectivity index (χ0v) is 22.6. The summed E-state index contributed by atoms with van der Waals surface area (Å²) in [5.41, 5.74) is -0.332. The van der Waals surface area contributed by atoms with Crippen molar-refractivity contribution in [2.45, 2.75) is 73.6 Å². The smallest absolute Gasteiger partial charge is 0.203 e. The van der Waals surface area contributed by atoms with Gasteiger partial charge in [0.05, 0.1) is 13.2 Å². The molecule has 2 aromatic carbocycles. The molecule has 2 aromatic rings. The molecule has 2 saturated heterocycles. The number of hydrogen-bond donors (Lipinski definition) is 11. The van der Waals surface area contributed by atoms with Gasteiger partial charge >= 0.3 is 0 Å². The van der Waals surface area contributed by atoms with Crippen molar-refractivity contribution in [2.24, 2.45) is 0 Å². The van der Waals surface area contributed by atoms with Gasteiger partial charge in [-0.15, -0.1) is 0 Å². The van der Waals surface area contributed by atoms with Crippen LogP contribution in [0.4, 0.5) is 0 Å². The molecule has 242 valence electrons. The lowest BCUT2D eigenvalue weighted by Gasteiger charge is -2.46. The maximum absolute atomic E-state index is 13.6. The van der Waals surface area contributed by atoms with Gasteiger partial charge in [-0.25, -0.2) is 0 Å². The van der Waals surface area contributed by atoms with Gasteiger partial charge in [0.25, 0.3) is 0 Å². The second kappa shape index (κ2) is 12.6. The standard InChI is InChI=1S/C27H32O17/c28-6-14-17(34)19(36)21(38)26(41-14)43-24-15(7-29)42-27(22(39)20(24)37)44-25-18(35)16-12(33)4-9(30)5-13(16)40-23(25)8-1-2-10(31)11(32)3-8/h1-5,14-15,17,19-34,36-39H,6-7H2/t14-,15-,17-,19+,20-,21-,22-,23-,24-,25+,26-,27+/m1/s1. The average molecular weight is 629 g/mol. The monoisotopic (exact) mass is 628 g/mol. The molecular formula is C27H32O17. The van der Waals surface area contributed by atoms with Gasteiger partial charge in [0.2, 0.25) is 5.78 Å². The number of Topliss-reactive ketones (excluding diaryl/α,β-unsaturated/α-hetero) is 1. The van der Waals surface area contributed by atoms with Crippen molar-refractivity contribution in [1.82, 2.24) is 0 Å². The second-order valence-electron chi connectivity index (χ2n) is 10.6. The van der Waals surface area contributed by atoms with Gasteiger partial charge in [-0.1, -0.05) is 6.07 Å². The van der Waals surface area contributed by atoms with Crippen LogP contribution >= 0.6 is 0 Å². The third-order valence-corrected chi connectivity index (χ3v) is 7.67. The second-order valence-corrected chi connectivity index (χ2v) is 10.6. The van der Waals surface area contributed by atoms with E-state index in [1.165, 1.54) is 6.07 Å². The SMILES string of the molecule is O=C1c2c(O)cc(O)cc2O[C@H](c2ccc(O)c(O)c2)[C@H]1O[C@@H]1O[C@H](CO)[C@@H](O[C@H]2O[C@H](CO)[C@@H](O)[C@H](O)[C@H]2O)[C@H](O)[C@H]1O. The number of phenols is 4. The third kappa shape index (κ3) is 5.75. The van der Waals surface area contributed by atoms with Crippen LogP contribution in [0.3, 0.4) is 0 Å². The Balaban J connectivity index is 1.41. The molecule has 0 amide bonds. The number of rotatable bonds is 7. The van der Waals surface area contributed by atoms with Gasteiger partial charge in [-0.2, -0.15) is 0 Å². The number of aromatic hydroxyl groups is 4. The number of aliphatic hydroxyl groups is 7. The number of benzene rings is 2. The molecule has 0 spiro atoms. The lowest BCUT2D eigenvalue weighted by molar-refractivity contribution is -0.362. The Morgan fingerprint density at radius 3 is 1.98 bits per heavy atom. The number of carbonyl (C=O) groups excluding carboxylic acids is 1. The summed E-state index contributed by atoms with van der Waals surface area (Å²) in [4.78, 5) is 13.6. The molecule has 17 heteroatoms. The van der Waals surface area contributed by atoms with Gasteiger partial charge in [0.1, 0.15) is 71.6 Å². The summed E-state index contributed by atoms with van der Waals surface area (Å²) < 4.78 is 28.0. The fourth-order valence-corrected chi connectivity index (χ4v) is 5.31. The van der Waals surface area contributed by atoms with E-state index < -0.39 is 121 Å². The highest BCUT2D eigenvalue weighted by atomic mass is 16.7. The van der Waals surface area contributed by atoms with E-state index in [-0.39, 0.29) is 11.3 Å². The zero-order chi connectivity index (χ0) is 32.0. The molecule has 0 aromatic heterocycles. The third-order valence-electron chi connectivity index (χ3n) is 7.67. The predicted molar refractivity (Wildman–Crippen MR) is 139 cm³/mol.